The van der Waals surface area contributed by atoms with Gasteiger partial charge in [0.2, 0.25) is 0 Å². The van der Waals surface area contributed by atoms with Crippen molar-refractivity contribution in [1.29, 1.82) is 0 Å². The first-order valence-electron chi connectivity index (χ1n) is 5.49. The van der Waals surface area contributed by atoms with Crippen LogP contribution >= 0.6 is 0 Å². The molecule has 1 aliphatic heterocycles. The summed E-state index contributed by atoms with van der Waals surface area (Å²) in [6, 6.07) is 1.60. The van der Waals surface area contributed by atoms with Gasteiger partial charge in [0.25, 0.3) is 5.56 Å². The first-order chi connectivity index (χ1) is 7.25. The molecule has 1 aromatic rings. The second-order valence-electron chi connectivity index (χ2n) is 4.21. The van der Waals surface area contributed by atoms with Crippen molar-refractivity contribution < 1.29 is 0 Å². The standard InChI is InChI=1S/C11H17N3O/c1-9-6-11(15)14(8-13-9)7-10-2-4-12-5-3-10/h6,8,10,12H,2-5,7H2,1H3. The predicted molar refractivity (Wildman–Crippen MR) is 58.8 cm³/mol. The molecular weight excluding hydrogens is 190 g/mol. The number of aromatic nitrogens is 2. The molecule has 0 radical (unpaired) electrons. The molecule has 82 valence electrons. The zero-order chi connectivity index (χ0) is 10.7. The first kappa shape index (κ1) is 10.4. The summed E-state index contributed by atoms with van der Waals surface area (Å²) >= 11 is 0. The van der Waals surface area contributed by atoms with Gasteiger partial charge in [0.1, 0.15) is 0 Å². The zero-order valence-corrected chi connectivity index (χ0v) is 9.07. The highest BCUT2D eigenvalue weighted by Gasteiger charge is 2.13. The molecule has 0 saturated carbocycles. The van der Waals surface area contributed by atoms with Gasteiger partial charge in [0, 0.05) is 18.3 Å². The van der Waals surface area contributed by atoms with Crippen molar-refractivity contribution in [3.8, 4) is 0 Å². The summed E-state index contributed by atoms with van der Waals surface area (Å²) < 4.78 is 1.73. The number of rotatable bonds is 2. The summed E-state index contributed by atoms with van der Waals surface area (Å²) in [7, 11) is 0. The van der Waals surface area contributed by atoms with Gasteiger partial charge in [-0.3, -0.25) is 9.36 Å². The van der Waals surface area contributed by atoms with Gasteiger partial charge >= 0.3 is 0 Å². The Labute approximate surface area is 89.3 Å². The fourth-order valence-electron chi connectivity index (χ4n) is 2.00. The van der Waals surface area contributed by atoms with Crippen molar-refractivity contribution in [2.24, 2.45) is 5.92 Å². The number of hydrogen-bond donors (Lipinski definition) is 1. The lowest BCUT2D eigenvalue weighted by molar-refractivity contribution is 0.328. The Morgan fingerprint density at radius 2 is 2.27 bits per heavy atom. The number of hydrogen-bond acceptors (Lipinski definition) is 3. The molecule has 0 atom stereocenters. The Kier molecular flexibility index (Phi) is 3.16. The van der Waals surface area contributed by atoms with Gasteiger partial charge in [-0.15, -0.1) is 0 Å². The minimum absolute atomic E-state index is 0.0704. The van der Waals surface area contributed by atoms with Crippen molar-refractivity contribution in [3.63, 3.8) is 0 Å². The van der Waals surface area contributed by atoms with Crippen LogP contribution in [0.25, 0.3) is 0 Å². The van der Waals surface area contributed by atoms with Crippen LogP contribution in [-0.2, 0) is 6.54 Å². The Morgan fingerprint density at radius 1 is 1.53 bits per heavy atom. The van der Waals surface area contributed by atoms with Crippen molar-refractivity contribution >= 4 is 0 Å². The summed E-state index contributed by atoms with van der Waals surface area (Å²) in [4.78, 5) is 15.8. The second kappa shape index (κ2) is 4.57. The molecule has 2 heterocycles. The fraction of sp³-hybridized carbons (Fsp3) is 0.636. The molecule has 4 nitrogen and oxygen atoms in total. The number of nitrogens with one attached hydrogen (secondary N) is 1. The molecule has 4 heteroatoms. The quantitative estimate of drug-likeness (QED) is 0.770. The van der Waals surface area contributed by atoms with Crippen molar-refractivity contribution in [1.82, 2.24) is 14.9 Å². The van der Waals surface area contributed by atoms with Gasteiger partial charge in [0.05, 0.1) is 6.33 Å². The highest BCUT2D eigenvalue weighted by Crippen LogP contribution is 2.12. The van der Waals surface area contributed by atoms with Crippen LogP contribution in [0.5, 0.6) is 0 Å². The van der Waals surface area contributed by atoms with Crippen LogP contribution in [0.4, 0.5) is 0 Å². The molecule has 1 fully saturated rings. The van der Waals surface area contributed by atoms with Crippen molar-refractivity contribution in [2.45, 2.75) is 26.3 Å². The highest BCUT2D eigenvalue weighted by atomic mass is 16.1. The van der Waals surface area contributed by atoms with Gasteiger partial charge in [-0.25, -0.2) is 4.98 Å². The summed E-state index contributed by atoms with van der Waals surface area (Å²) in [6.45, 7) is 4.79. The van der Waals surface area contributed by atoms with Gasteiger partial charge in [-0.05, 0) is 38.8 Å². The van der Waals surface area contributed by atoms with E-state index in [4.69, 9.17) is 0 Å². The lowest BCUT2D eigenvalue weighted by Gasteiger charge is -2.22. The van der Waals surface area contributed by atoms with E-state index in [1.165, 1.54) is 0 Å². The Morgan fingerprint density at radius 3 is 2.93 bits per heavy atom. The fourth-order valence-corrected chi connectivity index (χ4v) is 2.00. The second-order valence-corrected chi connectivity index (χ2v) is 4.21. The van der Waals surface area contributed by atoms with Gasteiger partial charge < -0.3 is 5.32 Å². The third kappa shape index (κ3) is 2.65. The van der Waals surface area contributed by atoms with Crippen LogP contribution in [0.1, 0.15) is 18.5 Å². The van der Waals surface area contributed by atoms with E-state index >= 15 is 0 Å². The normalized spacial score (nSPS) is 17.9. The average molecular weight is 207 g/mol. The maximum absolute atomic E-state index is 11.6. The SMILES string of the molecule is Cc1cc(=O)n(CC2CCNCC2)cn1. The van der Waals surface area contributed by atoms with E-state index in [9.17, 15) is 4.79 Å². The van der Waals surface area contributed by atoms with Gasteiger partial charge in [-0.2, -0.15) is 0 Å². The van der Waals surface area contributed by atoms with E-state index in [0.29, 0.717) is 5.92 Å². The summed E-state index contributed by atoms with van der Waals surface area (Å²) in [5.41, 5.74) is 0.864. The maximum atomic E-state index is 11.6. The molecule has 15 heavy (non-hydrogen) atoms. The predicted octanol–water partition coefficient (Wildman–Crippen LogP) is 0.551. The molecule has 0 aliphatic carbocycles. The largest absolute Gasteiger partial charge is 0.317 e. The zero-order valence-electron chi connectivity index (χ0n) is 9.07. The van der Waals surface area contributed by atoms with Crippen LogP contribution in [0, 0.1) is 12.8 Å². The Balaban J connectivity index is 2.06. The van der Waals surface area contributed by atoms with E-state index in [-0.39, 0.29) is 5.56 Å². The van der Waals surface area contributed by atoms with Crippen molar-refractivity contribution in [3.05, 3.63) is 28.4 Å². The summed E-state index contributed by atoms with van der Waals surface area (Å²) in [6.07, 6.45) is 3.97. The molecule has 1 aliphatic rings. The van der Waals surface area contributed by atoms with E-state index in [1.54, 1.807) is 17.0 Å². The van der Waals surface area contributed by atoms with E-state index in [1.807, 2.05) is 6.92 Å². The molecule has 2 rings (SSSR count). The molecule has 0 unspecified atom stereocenters. The minimum Gasteiger partial charge on any atom is -0.317 e. The average Bonchev–Trinajstić information content (AvgIpc) is 2.24. The van der Waals surface area contributed by atoms with Gasteiger partial charge in [-0.1, -0.05) is 0 Å². The molecule has 0 bridgehead atoms. The summed E-state index contributed by atoms with van der Waals surface area (Å²) in [5.74, 6) is 0.619. The maximum Gasteiger partial charge on any atom is 0.253 e. The van der Waals surface area contributed by atoms with E-state index < -0.39 is 0 Å². The van der Waals surface area contributed by atoms with Crippen LogP contribution in [0.3, 0.4) is 0 Å². The molecular formula is C11H17N3O. The monoisotopic (exact) mass is 207 g/mol. The lowest BCUT2D eigenvalue weighted by Crippen LogP contribution is -2.32. The number of piperidine rings is 1. The minimum atomic E-state index is 0.0704. The van der Waals surface area contributed by atoms with Crippen LogP contribution in [0.2, 0.25) is 0 Å². The van der Waals surface area contributed by atoms with Crippen LogP contribution < -0.4 is 10.9 Å². The highest BCUT2D eigenvalue weighted by molar-refractivity contribution is 4.96. The van der Waals surface area contributed by atoms with Crippen LogP contribution in [-0.4, -0.2) is 22.6 Å². The lowest BCUT2D eigenvalue weighted by atomic mass is 9.98. The van der Waals surface area contributed by atoms with E-state index in [2.05, 4.69) is 10.3 Å². The topological polar surface area (TPSA) is 46.9 Å². The number of aryl methyl sites for hydroxylation is 1. The molecule has 0 aromatic carbocycles. The van der Waals surface area contributed by atoms with Crippen LogP contribution in [0.15, 0.2) is 17.2 Å². The Bertz CT molecular complexity index is 380. The molecule has 1 aromatic heterocycles. The third-order valence-corrected chi connectivity index (χ3v) is 2.93. The molecule has 0 spiro atoms. The van der Waals surface area contributed by atoms with Crippen molar-refractivity contribution in [2.75, 3.05) is 13.1 Å². The van der Waals surface area contributed by atoms with E-state index in [0.717, 1.165) is 38.2 Å². The summed E-state index contributed by atoms with van der Waals surface area (Å²) in [5, 5.41) is 3.32. The molecule has 1 saturated heterocycles. The third-order valence-electron chi connectivity index (χ3n) is 2.93. The molecule has 0 amide bonds. The van der Waals surface area contributed by atoms with Gasteiger partial charge in [0.15, 0.2) is 0 Å². The number of nitrogens with zero attached hydrogens (tertiary/aromatic N) is 2. The Hall–Kier alpha value is -1.16. The smallest absolute Gasteiger partial charge is 0.253 e. The molecule has 1 N–H and O–H groups in total. The first-order valence-corrected chi connectivity index (χ1v) is 5.49.